The maximum atomic E-state index is 13.4. The Morgan fingerprint density at radius 1 is 1.00 bits per heavy atom. The number of hydrogen-bond donors (Lipinski definition) is 1. The van der Waals surface area contributed by atoms with Crippen molar-refractivity contribution in [2.75, 3.05) is 13.6 Å². The lowest BCUT2D eigenvalue weighted by Crippen LogP contribution is -2.61. The van der Waals surface area contributed by atoms with E-state index in [1.165, 1.54) is 0 Å². The molecule has 0 unspecified atom stereocenters. The van der Waals surface area contributed by atoms with Crippen LogP contribution in [0.1, 0.15) is 62.3 Å². The molecule has 1 aromatic carbocycles. The van der Waals surface area contributed by atoms with E-state index >= 15 is 0 Å². The maximum Gasteiger partial charge on any atom is 0.419 e. The predicted molar refractivity (Wildman–Crippen MR) is 158 cm³/mol. The van der Waals surface area contributed by atoms with Gasteiger partial charge in [-0.2, -0.15) is 0 Å². The summed E-state index contributed by atoms with van der Waals surface area (Å²) in [7, 11) is -3.21. The molecule has 15 nitrogen and oxygen atoms in total. The molecular formula is C29H36N2O13S. The SMILES string of the molecule is [2H]c1c([2H])c([2H])c2c(c(/C(=N\O)S[C@@H]3O[C@H](COC(C)=O)[C@@H](OC(C)=O)[C@H](OC(C)=O)[C@H]3OC(C)=O)cn2C(=O)OC(C)(C)C)c1OC([2H])([2H])[2H]. The molecule has 2 aromatic rings. The van der Waals surface area contributed by atoms with Crippen molar-refractivity contribution in [3.8, 4) is 5.75 Å². The van der Waals surface area contributed by atoms with E-state index in [4.69, 9.17) is 41.4 Å². The molecule has 3 rings (SSSR count). The van der Waals surface area contributed by atoms with Gasteiger partial charge in [0.05, 0.1) is 26.2 Å². The van der Waals surface area contributed by atoms with Crippen LogP contribution in [0.15, 0.2) is 29.5 Å². The highest BCUT2D eigenvalue weighted by Crippen LogP contribution is 2.39. The van der Waals surface area contributed by atoms with Crippen LogP contribution in [0, 0.1) is 0 Å². The fourth-order valence-corrected chi connectivity index (χ4v) is 5.39. The maximum absolute atomic E-state index is 13.4. The highest BCUT2D eigenvalue weighted by molar-refractivity contribution is 8.14. The van der Waals surface area contributed by atoms with Crippen molar-refractivity contribution in [1.29, 1.82) is 0 Å². The van der Waals surface area contributed by atoms with Crippen LogP contribution in [0.3, 0.4) is 0 Å². The summed E-state index contributed by atoms with van der Waals surface area (Å²) in [5.74, 6) is -4.26. The number of oxime groups is 1. The largest absolute Gasteiger partial charge is 0.496 e. The zero-order valence-corrected chi connectivity index (χ0v) is 26.1. The summed E-state index contributed by atoms with van der Waals surface area (Å²) < 4.78 is 87.1. The van der Waals surface area contributed by atoms with Crippen LogP contribution in [0.4, 0.5) is 4.79 Å². The molecule has 1 fully saturated rings. The molecule has 1 aliphatic rings. The first-order valence-corrected chi connectivity index (χ1v) is 14.1. The van der Waals surface area contributed by atoms with E-state index in [1.807, 2.05) is 0 Å². The van der Waals surface area contributed by atoms with Crippen molar-refractivity contribution >= 4 is 57.7 Å². The van der Waals surface area contributed by atoms with Gasteiger partial charge in [-0.15, -0.1) is 0 Å². The van der Waals surface area contributed by atoms with E-state index in [-0.39, 0.29) is 5.56 Å². The van der Waals surface area contributed by atoms with Crippen molar-refractivity contribution in [3.05, 3.63) is 29.9 Å². The average Bonchev–Trinajstić information content (AvgIpc) is 3.37. The van der Waals surface area contributed by atoms with E-state index in [1.54, 1.807) is 20.8 Å². The minimum Gasteiger partial charge on any atom is -0.496 e. The number of methoxy groups -OCH3 is 1. The molecule has 1 aromatic heterocycles. The molecule has 2 heterocycles. The van der Waals surface area contributed by atoms with Gasteiger partial charge in [-0.1, -0.05) is 23.0 Å². The van der Waals surface area contributed by atoms with Gasteiger partial charge in [0.15, 0.2) is 23.7 Å². The Kier molecular flexibility index (Phi) is 8.80. The Bertz CT molecular complexity index is 1740. The van der Waals surface area contributed by atoms with Gasteiger partial charge in [0.1, 0.15) is 29.1 Å². The van der Waals surface area contributed by atoms with Crippen molar-refractivity contribution in [1.82, 2.24) is 4.57 Å². The van der Waals surface area contributed by atoms with E-state index < -0.39 is 119 Å². The van der Waals surface area contributed by atoms with E-state index in [9.17, 15) is 29.2 Å². The third-order valence-electron chi connectivity index (χ3n) is 5.78. The molecule has 0 aliphatic carbocycles. The number of carbonyl (C=O) groups excluding carboxylic acids is 5. The Morgan fingerprint density at radius 2 is 1.62 bits per heavy atom. The quantitative estimate of drug-likeness (QED) is 0.109. The Hall–Kier alpha value is -4.31. The first-order valence-electron chi connectivity index (χ1n) is 16.2. The third kappa shape index (κ3) is 8.88. The van der Waals surface area contributed by atoms with Crippen LogP contribution in [0.25, 0.3) is 10.9 Å². The standard InChI is InChI=1S/C29H36N2O13S/c1-14(32)39-13-21-23(40-15(2)33)24(41-16(3)34)25(42-17(4)35)27(43-21)45-26(30-37)18-12-31(28(36)44-29(5,6)7)19-10-9-11-20(38-8)22(18)19/h9-12,21,23-25,27,37H,13H2,1-8H3/b30-26+/t21-,23-,24+,25-,27+/m1/s1/i8D3,9D,10D,11D. The number of thioether (sulfide) groups is 1. The summed E-state index contributed by atoms with van der Waals surface area (Å²) in [6.07, 6.45) is -6.28. The minimum atomic E-state index is -3.21. The third-order valence-corrected chi connectivity index (χ3v) is 6.92. The van der Waals surface area contributed by atoms with Crippen LogP contribution >= 0.6 is 11.8 Å². The molecule has 246 valence electrons. The molecule has 45 heavy (non-hydrogen) atoms. The van der Waals surface area contributed by atoms with Crippen molar-refractivity contribution in [2.24, 2.45) is 5.16 Å². The molecule has 1 saturated heterocycles. The molecule has 0 radical (unpaired) electrons. The zero-order valence-electron chi connectivity index (χ0n) is 31.3. The molecule has 0 spiro atoms. The summed E-state index contributed by atoms with van der Waals surface area (Å²) in [4.78, 5) is 61.8. The number of nitrogens with zero attached hydrogens (tertiary/aromatic N) is 2. The number of hydrogen-bond acceptors (Lipinski definition) is 15. The van der Waals surface area contributed by atoms with Gasteiger partial charge in [-0.3, -0.25) is 23.7 Å². The second-order valence-corrected chi connectivity index (χ2v) is 11.6. The summed E-state index contributed by atoms with van der Waals surface area (Å²) >= 11 is 0.452. The average molecular weight is 659 g/mol. The minimum absolute atomic E-state index is 0.350. The fourth-order valence-electron chi connectivity index (χ4n) is 4.30. The summed E-state index contributed by atoms with van der Waals surface area (Å²) in [6.45, 7) is 8.20. The van der Waals surface area contributed by atoms with Crippen molar-refractivity contribution < 1.29 is 70.6 Å². The van der Waals surface area contributed by atoms with E-state index in [0.29, 0.717) is 11.8 Å². The molecule has 5 atom stereocenters. The Balaban J connectivity index is 2.33. The van der Waals surface area contributed by atoms with Crippen LogP contribution in [0.2, 0.25) is 0 Å². The smallest absolute Gasteiger partial charge is 0.419 e. The van der Waals surface area contributed by atoms with Gasteiger partial charge in [-0.05, 0) is 32.9 Å². The summed E-state index contributed by atoms with van der Waals surface area (Å²) in [6, 6.07) is -2.40. The summed E-state index contributed by atoms with van der Waals surface area (Å²) in [5, 5.41) is 12.7. The molecular weight excluding hydrogens is 616 g/mol. The first kappa shape index (κ1) is 27.0. The normalized spacial score (nSPS) is 24.1. The predicted octanol–water partition coefficient (Wildman–Crippen LogP) is 3.39. The topological polar surface area (TPSA) is 187 Å². The fraction of sp³-hybridized carbons (Fsp3) is 0.517. The van der Waals surface area contributed by atoms with Gasteiger partial charge in [0.25, 0.3) is 0 Å². The highest BCUT2D eigenvalue weighted by Gasteiger charge is 2.53. The molecule has 16 heteroatoms. The number of carbonyl (C=O) groups is 5. The number of aromatic nitrogens is 1. The monoisotopic (exact) mass is 658 g/mol. The number of esters is 4. The molecule has 0 bridgehead atoms. The van der Waals surface area contributed by atoms with Crippen molar-refractivity contribution in [2.45, 2.75) is 83.9 Å². The molecule has 1 aliphatic heterocycles. The van der Waals surface area contributed by atoms with E-state index in [2.05, 4.69) is 5.16 Å². The molecule has 0 saturated carbocycles. The number of rotatable bonds is 8. The van der Waals surface area contributed by atoms with Gasteiger partial charge < -0.3 is 38.4 Å². The zero-order chi connectivity index (χ0) is 38.7. The lowest BCUT2D eigenvalue weighted by molar-refractivity contribution is -0.237. The highest BCUT2D eigenvalue weighted by atomic mass is 32.2. The lowest BCUT2D eigenvalue weighted by Gasteiger charge is -2.44. The van der Waals surface area contributed by atoms with Crippen LogP contribution in [-0.2, 0) is 47.6 Å². The second-order valence-electron chi connectivity index (χ2n) is 10.5. The molecule has 1 N–H and O–H groups in total. The Labute approximate surface area is 271 Å². The summed E-state index contributed by atoms with van der Waals surface area (Å²) in [5.41, 5.74) is -3.46. The van der Waals surface area contributed by atoms with Gasteiger partial charge in [0, 0.05) is 39.5 Å². The first-order chi connectivity index (χ1) is 23.4. The Morgan fingerprint density at radius 3 is 2.18 bits per heavy atom. The van der Waals surface area contributed by atoms with Crippen LogP contribution < -0.4 is 4.74 Å². The number of ether oxygens (including phenoxy) is 7. The van der Waals surface area contributed by atoms with Gasteiger partial charge >= 0.3 is 30.0 Å². The van der Waals surface area contributed by atoms with Gasteiger partial charge in [-0.25, -0.2) is 4.79 Å². The van der Waals surface area contributed by atoms with E-state index in [0.717, 1.165) is 38.5 Å². The van der Waals surface area contributed by atoms with Crippen molar-refractivity contribution in [3.63, 3.8) is 0 Å². The van der Waals surface area contributed by atoms with Gasteiger partial charge in [0.2, 0.25) is 0 Å². The van der Waals surface area contributed by atoms with Crippen LogP contribution in [-0.4, -0.2) is 93.9 Å². The van der Waals surface area contributed by atoms with Crippen LogP contribution in [0.5, 0.6) is 5.75 Å². The number of benzene rings is 1. The number of fused-ring (bicyclic) bond motifs is 1. The molecule has 0 amide bonds. The lowest BCUT2D eigenvalue weighted by atomic mass is 9.99. The second kappa shape index (κ2) is 14.6.